The third kappa shape index (κ3) is 3.29. The first-order valence-corrected chi connectivity index (χ1v) is 8.91. The Hall–Kier alpha value is -2.32. The zero-order chi connectivity index (χ0) is 17.3. The Balaban J connectivity index is 1.97. The molecule has 24 heavy (non-hydrogen) atoms. The van der Waals surface area contributed by atoms with Crippen molar-refractivity contribution in [1.82, 2.24) is 0 Å². The Morgan fingerprint density at radius 2 is 1.79 bits per heavy atom. The van der Waals surface area contributed by atoms with E-state index in [4.69, 9.17) is 13.3 Å². The van der Waals surface area contributed by atoms with Crippen LogP contribution in [0.5, 0.6) is 11.5 Å². The van der Waals surface area contributed by atoms with E-state index in [1.807, 2.05) is 0 Å². The highest BCUT2D eigenvalue weighted by molar-refractivity contribution is 9.10. The second-order valence-electron chi connectivity index (χ2n) is 4.79. The van der Waals surface area contributed by atoms with Crippen LogP contribution in [0.25, 0.3) is 11.0 Å². The molecular weight excluding hydrogens is 400 g/mol. The first-order valence-electron chi connectivity index (χ1n) is 6.71. The first-order chi connectivity index (χ1) is 11.4. The quantitative estimate of drug-likeness (QED) is 0.484. The molecule has 3 rings (SSSR count). The lowest BCUT2D eigenvalue weighted by atomic mass is 10.2. The third-order valence-electron chi connectivity index (χ3n) is 3.21. The molecule has 0 aliphatic carbocycles. The zero-order valence-corrected chi connectivity index (χ0v) is 14.8. The minimum absolute atomic E-state index is 0.0372. The maximum atomic E-state index is 12.4. The molecule has 124 valence electrons. The van der Waals surface area contributed by atoms with Crippen molar-refractivity contribution in [3.05, 3.63) is 63.4 Å². The van der Waals surface area contributed by atoms with E-state index >= 15 is 0 Å². The van der Waals surface area contributed by atoms with Crippen LogP contribution in [0.4, 0.5) is 0 Å². The number of benzene rings is 2. The molecule has 0 amide bonds. The van der Waals surface area contributed by atoms with Crippen molar-refractivity contribution >= 4 is 37.0 Å². The normalized spacial score (nSPS) is 11.4. The predicted octanol–water partition coefficient (Wildman–Crippen LogP) is 3.33. The van der Waals surface area contributed by atoms with Crippen molar-refractivity contribution in [3.8, 4) is 11.5 Å². The molecule has 0 N–H and O–H groups in total. The van der Waals surface area contributed by atoms with Gasteiger partial charge in [0.15, 0.2) is 0 Å². The lowest BCUT2D eigenvalue weighted by molar-refractivity contribution is 0.411. The van der Waals surface area contributed by atoms with E-state index in [0.29, 0.717) is 15.6 Å². The molecule has 0 unspecified atom stereocenters. The van der Waals surface area contributed by atoms with Gasteiger partial charge in [0, 0.05) is 17.5 Å². The van der Waals surface area contributed by atoms with E-state index in [0.717, 1.165) is 0 Å². The van der Waals surface area contributed by atoms with Crippen molar-refractivity contribution < 1.29 is 21.8 Å². The average molecular weight is 411 g/mol. The maximum absolute atomic E-state index is 12.4. The summed E-state index contributed by atoms with van der Waals surface area (Å²) in [5.74, 6) is 0.547. The molecule has 0 aliphatic heterocycles. The summed E-state index contributed by atoms with van der Waals surface area (Å²) in [6, 6.07) is 11.6. The van der Waals surface area contributed by atoms with Gasteiger partial charge >= 0.3 is 15.7 Å². The lowest BCUT2D eigenvalue weighted by Crippen LogP contribution is -2.10. The number of hydrogen-bond donors (Lipinski definition) is 0. The van der Waals surface area contributed by atoms with Gasteiger partial charge in [-0.2, -0.15) is 8.42 Å². The van der Waals surface area contributed by atoms with E-state index in [1.165, 1.54) is 43.5 Å². The van der Waals surface area contributed by atoms with Gasteiger partial charge in [0.1, 0.15) is 22.0 Å². The number of rotatable bonds is 4. The van der Waals surface area contributed by atoms with Crippen LogP contribution in [0, 0.1) is 0 Å². The topological polar surface area (TPSA) is 82.8 Å². The van der Waals surface area contributed by atoms with Gasteiger partial charge in [0.25, 0.3) is 0 Å². The molecule has 0 saturated carbocycles. The second kappa shape index (κ2) is 6.29. The Bertz CT molecular complexity index is 1070. The van der Waals surface area contributed by atoms with Gasteiger partial charge in [0.2, 0.25) is 0 Å². The fourth-order valence-corrected chi connectivity index (χ4v) is 3.71. The summed E-state index contributed by atoms with van der Waals surface area (Å²) in [5, 5.41) is 0.659. The number of ether oxygens (including phenoxy) is 1. The van der Waals surface area contributed by atoms with Gasteiger partial charge in [0.05, 0.1) is 11.6 Å². The summed E-state index contributed by atoms with van der Waals surface area (Å²) in [6.07, 6.45) is 0. The average Bonchev–Trinajstić information content (AvgIpc) is 2.54. The molecular formula is C16H11BrO6S. The van der Waals surface area contributed by atoms with Crippen LogP contribution in [0.2, 0.25) is 0 Å². The second-order valence-corrected chi connectivity index (χ2v) is 7.19. The lowest BCUT2D eigenvalue weighted by Gasteiger charge is -2.09. The largest absolute Gasteiger partial charge is 0.496 e. The smallest absolute Gasteiger partial charge is 0.339 e. The molecule has 0 bridgehead atoms. The maximum Gasteiger partial charge on any atom is 0.339 e. The minimum Gasteiger partial charge on any atom is -0.496 e. The third-order valence-corrected chi connectivity index (χ3v) is 5.08. The molecule has 0 aliphatic rings. The summed E-state index contributed by atoms with van der Waals surface area (Å²) < 4.78 is 40.4. The molecule has 1 heterocycles. The molecule has 8 heteroatoms. The SMILES string of the molecule is COc1ccc(S(=O)(=O)Oc2ccc3ccc(=O)oc3c2)cc1Br. The molecule has 0 saturated heterocycles. The first kappa shape index (κ1) is 16.5. The van der Waals surface area contributed by atoms with Crippen molar-refractivity contribution in [1.29, 1.82) is 0 Å². The fraction of sp³-hybridized carbons (Fsp3) is 0.0625. The molecule has 0 atom stereocenters. The number of methoxy groups -OCH3 is 1. The van der Waals surface area contributed by atoms with Gasteiger partial charge in [-0.15, -0.1) is 0 Å². The molecule has 2 aromatic carbocycles. The van der Waals surface area contributed by atoms with E-state index in [1.54, 1.807) is 12.1 Å². The van der Waals surface area contributed by atoms with Crippen molar-refractivity contribution in [2.45, 2.75) is 4.90 Å². The summed E-state index contributed by atoms with van der Waals surface area (Å²) in [7, 11) is -2.57. The Kier molecular flexibility index (Phi) is 4.33. The number of fused-ring (bicyclic) bond motifs is 1. The number of halogens is 1. The van der Waals surface area contributed by atoms with Crippen LogP contribution in [-0.4, -0.2) is 15.5 Å². The molecule has 0 spiro atoms. The summed E-state index contributed by atoms with van der Waals surface area (Å²) in [5.41, 5.74) is -0.285. The van der Waals surface area contributed by atoms with Crippen molar-refractivity contribution in [2.75, 3.05) is 7.11 Å². The minimum atomic E-state index is -4.04. The van der Waals surface area contributed by atoms with E-state index in [2.05, 4.69) is 15.9 Å². The molecule has 0 fully saturated rings. The molecule has 3 aromatic rings. The Labute approximate surface area is 145 Å². The highest BCUT2D eigenvalue weighted by Gasteiger charge is 2.19. The van der Waals surface area contributed by atoms with Crippen molar-refractivity contribution in [3.63, 3.8) is 0 Å². The van der Waals surface area contributed by atoms with E-state index in [9.17, 15) is 13.2 Å². The molecule has 0 radical (unpaired) electrons. The molecule has 1 aromatic heterocycles. The highest BCUT2D eigenvalue weighted by Crippen LogP contribution is 2.29. The van der Waals surface area contributed by atoms with Crippen LogP contribution in [0.15, 0.2) is 67.1 Å². The van der Waals surface area contributed by atoms with E-state index < -0.39 is 15.7 Å². The Morgan fingerprint density at radius 3 is 2.50 bits per heavy atom. The van der Waals surface area contributed by atoms with Gasteiger partial charge in [-0.1, -0.05) is 0 Å². The van der Waals surface area contributed by atoms with Gasteiger partial charge in [-0.25, -0.2) is 4.79 Å². The Morgan fingerprint density at radius 1 is 1.04 bits per heavy atom. The number of hydrogen-bond acceptors (Lipinski definition) is 6. The summed E-state index contributed by atoms with van der Waals surface area (Å²) in [4.78, 5) is 11.2. The van der Waals surface area contributed by atoms with Crippen LogP contribution in [0.3, 0.4) is 0 Å². The monoisotopic (exact) mass is 410 g/mol. The van der Waals surface area contributed by atoms with Gasteiger partial charge < -0.3 is 13.3 Å². The van der Waals surface area contributed by atoms with Gasteiger partial charge in [-0.05, 0) is 52.3 Å². The van der Waals surface area contributed by atoms with Crippen LogP contribution in [-0.2, 0) is 10.1 Å². The summed E-state index contributed by atoms with van der Waals surface area (Å²) >= 11 is 3.23. The van der Waals surface area contributed by atoms with Crippen LogP contribution in [0.1, 0.15) is 0 Å². The predicted molar refractivity (Wildman–Crippen MR) is 91.0 cm³/mol. The standard InChI is InChI=1S/C16H11BrO6S/c1-21-14-6-5-12(9-13(14)17)24(19,20)23-11-4-2-10-3-7-16(18)22-15(10)8-11/h2-9H,1H3. The van der Waals surface area contributed by atoms with Crippen LogP contribution >= 0.6 is 15.9 Å². The zero-order valence-electron chi connectivity index (χ0n) is 12.4. The molecule has 6 nitrogen and oxygen atoms in total. The van der Waals surface area contributed by atoms with Crippen molar-refractivity contribution in [2.24, 2.45) is 0 Å². The highest BCUT2D eigenvalue weighted by atomic mass is 79.9. The van der Waals surface area contributed by atoms with Crippen LogP contribution < -0.4 is 14.5 Å². The van der Waals surface area contributed by atoms with Gasteiger partial charge in [-0.3, -0.25) is 0 Å². The summed E-state index contributed by atoms with van der Waals surface area (Å²) in [6.45, 7) is 0. The fourth-order valence-electron chi connectivity index (χ4n) is 2.07. The van der Waals surface area contributed by atoms with E-state index in [-0.39, 0.29) is 16.2 Å².